The molecule has 0 spiro atoms. The molecule has 32 heavy (non-hydrogen) atoms. The Morgan fingerprint density at radius 3 is 2.44 bits per heavy atom. The lowest BCUT2D eigenvalue weighted by Crippen LogP contribution is -2.14. The van der Waals surface area contributed by atoms with Crippen LogP contribution in [0.3, 0.4) is 0 Å². The lowest BCUT2D eigenvalue weighted by atomic mass is 10.0. The number of amides is 1. The standard InChI is InChI=1S/C25H22N2O5/c1-15-22(16(2)32-27-15)14-31-23-13-18-8-5-4-7-17(18)12-21(23)24(28)26-20-10-6-9-19(11-20)25(29)30-3/h4-13H,14H2,1-3H3,(H,26,28). The number of fused-ring (bicyclic) bond motifs is 1. The number of esters is 1. The Labute approximate surface area is 184 Å². The molecule has 0 fully saturated rings. The van der Waals surface area contributed by atoms with Crippen molar-refractivity contribution < 1.29 is 23.6 Å². The van der Waals surface area contributed by atoms with E-state index in [9.17, 15) is 9.59 Å². The molecule has 0 bridgehead atoms. The summed E-state index contributed by atoms with van der Waals surface area (Å²) in [6.45, 7) is 3.89. The van der Waals surface area contributed by atoms with Crippen LogP contribution in [0.4, 0.5) is 5.69 Å². The predicted octanol–water partition coefficient (Wildman–Crippen LogP) is 5.06. The molecule has 0 aliphatic heterocycles. The SMILES string of the molecule is COC(=O)c1cccc(NC(=O)c2cc3ccccc3cc2OCc2c(C)noc2C)c1. The fourth-order valence-electron chi connectivity index (χ4n) is 3.41. The maximum absolute atomic E-state index is 13.2. The lowest BCUT2D eigenvalue weighted by Gasteiger charge is -2.14. The summed E-state index contributed by atoms with van der Waals surface area (Å²) in [5, 5.41) is 8.65. The molecule has 7 heteroatoms. The van der Waals surface area contributed by atoms with Crippen molar-refractivity contribution in [2.75, 3.05) is 12.4 Å². The number of carbonyl (C=O) groups is 2. The van der Waals surface area contributed by atoms with Crippen LogP contribution in [0.15, 0.2) is 65.2 Å². The largest absolute Gasteiger partial charge is 0.488 e. The van der Waals surface area contributed by atoms with Crippen molar-refractivity contribution in [3.8, 4) is 5.75 Å². The molecule has 0 saturated heterocycles. The second kappa shape index (κ2) is 8.93. The van der Waals surface area contributed by atoms with Crippen LogP contribution in [0.25, 0.3) is 10.8 Å². The van der Waals surface area contributed by atoms with E-state index in [4.69, 9.17) is 14.0 Å². The fraction of sp³-hybridized carbons (Fsp3) is 0.160. The molecule has 1 amide bonds. The lowest BCUT2D eigenvalue weighted by molar-refractivity contribution is 0.0600. The molecule has 4 rings (SSSR count). The smallest absolute Gasteiger partial charge is 0.337 e. The molecule has 0 saturated carbocycles. The van der Waals surface area contributed by atoms with Crippen molar-refractivity contribution in [2.24, 2.45) is 0 Å². The van der Waals surface area contributed by atoms with Crippen molar-refractivity contribution in [3.63, 3.8) is 0 Å². The first kappa shape index (κ1) is 21.1. The van der Waals surface area contributed by atoms with Gasteiger partial charge in [0.15, 0.2) is 0 Å². The van der Waals surface area contributed by atoms with Crippen LogP contribution in [-0.2, 0) is 11.3 Å². The summed E-state index contributed by atoms with van der Waals surface area (Å²) in [5.41, 5.74) is 2.78. The monoisotopic (exact) mass is 430 g/mol. The van der Waals surface area contributed by atoms with Crippen molar-refractivity contribution in [2.45, 2.75) is 20.5 Å². The first-order valence-electron chi connectivity index (χ1n) is 10.0. The van der Waals surface area contributed by atoms with Gasteiger partial charge in [-0.2, -0.15) is 0 Å². The quantitative estimate of drug-likeness (QED) is 0.430. The number of aryl methyl sites for hydroxylation is 2. The van der Waals surface area contributed by atoms with E-state index >= 15 is 0 Å². The number of carbonyl (C=O) groups excluding carboxylic acids is 2. The first-order valence-corrected chi connectivity index (χ1v) is 10.0. The van der Waals surface area contributed by atoms with E-state index in [1.54, 1.807) is 30.3 Å². The highest BCUT2D eigenvalue weighted by Gasteiger charge is 2.17. The molecule has 1 aromatic heterocycles. The van der Waals surface area contributed by atoms with Crippen LogP contribution in [0.2, 0.25) is 0 Å². The van der Waals surface area contributed by atoms with Gasteiger partial charge >= 0.3 is 5.97 Å². The summed E-state index contributed by atoms with van der Waals surface area (Å²) in [6, 6.07) is 17.9. The molecular weight excluding hydrogens is 408 g/mol. The molecule has 1 N–H and O–H groups in total. The minimum atomic E-state index is -0.477. The van der Waals surface area contributed by atoms with E-state index in [0.29, 0.717) is 28.3 Å². The molecule has 7 nitrogen and oxygen atoms in total. The van der Waals surface area contributed by atoms with Gasteiger partial charge in [-0.3, -0.25) is 4.79 Å². The highest BCUT2D eigenvalue weighted by molar-refractivity contribution is 6.09. The summed E-state index contributed by atoms with van der Waals surface area (Å²) in [7, 11) is 1.31. The average Bonchev–Trinajstić information content (AvgIpc) is 3.13. The number of hydrogen-bond donors (Lipinski definition) is 1. The van der Waals surface area contributed by atoms with Crippen molar-refractivity contribution in [1.29, 1.82) is 0 Å². The molecule has 0 aliphatic rings. The molecule has 4 aromatic rings. The maximum atomic E-state index is 13.2. The summed E-state index contributed by atoms with van der Waals surface area (Å²) >= 11 is 0. The number of rotatable bonds is 6. The van der Waals surface area contributed by atoms with E-state index in [0.717, 1.165) is 22.0 Å². The zero-order valence-corrected chi connectivity index (χ0v) is 18.0. The molecular formula is C25H22N2O5. The van der Waals surface area contributed by atoms with Gasteiger partial charge in [0.05, 0.1) is 29.5 Å². The Bertz CT molecular complexity index is 1290. The fourth-order valence-corrected chi connectivity index (χ4v) is 3.41. The normalized spacial score (nSPS) is 10.7. The van der Waals surface area contributed by atoms with Gasteiger partial charge in [-0.05, 0) is 55.0 Å². The van der Waals surface area contributed by atoms with Crippen LogP contribution in [-0.4, -0.2) is 24.1 Å². The molecule has 162 valence electrons. The Hall–Kier alpha value is -4.13. The summed E-state index contributed by atoms with van der Waals surface area (Å²) in [6.07, 6.45) is 0. The Balaban J connectivity index is 1.66. The predicted molar refractivity (Wildman–Crippen MR) is 120 cm³/mol. The Kier molecular flexibility index (Phi) is 5.89. The van der Waals surface area contributed by atoms with Gasteiger partial charge in [0.2, 0.25) is 0 Å². The van der Waals surface area contributed by atoms with E-state index in [2.05, 4.69) is 10.5 Å². The topological polar surface area (TPSA) is 90.7 Å². The van der Waals surface area contributed by atoms with Crippen LogP contribution in [0.1, 0.15) is 37.7 Å². The first-order chi connectivity index (χ1) is 15.5. The average molecular weight is 430 g/mol. The van der Waals surface area contributed by atoms with Gasteiger partial charge in [-0.25, -0.2) is 4.79 Å². The van der Waals surface area contributed by atoms with Gasteiger partial charge in [0.1, 0.15) is 18.1 Å². The number of hydrogen-bond acceptors (Lipinski definition) is 6. The van der Waals surface area contributed by atoms with E-state index in [1.165, 1.54) is 7.11 Å². The van der Waals surface area contributed by atoms with Crippen LogP contribution in [0, 0.1) is 13.8 Å². The van der Waals surface area contributed by atoms with Gasteiger partial charge < -0.3 is 19.3 Å². The van der Waals surface area contributed by atoms with Crippen LogP contribution >= 0.6 is 0 Å². The van der Waals surface area contributed by atoms with E-state index in [-0.39, 0.29) is 12.5 Å². The summed E-state index contributed by atoms with van der Waals surface area (Å²) < 4.78 is 16.0. The highest BCUT2D eigenvalue weighted by atomic mass is 16.5. The van der Waals surface area contributed by atoms with E-state index in [1.807, 2.05) is 44.2 Å². The highest BCUT2D eigenvalue weighted by Crippen LogP contribution is 2.28. The van der Waals surface area contributed by atoms with Gasteiger partial charge in [-0.15, -0.1) is 0 Å². The van der Waals surface area contributed by atoms with Gasteiger partial charge in [-0.1, -0.05) is 35.5 Å². The number of aromatic nitrogens is 1. The summed E-state index contributed by atoms with van der Waals surface area (Å²) in [4.78, 5) is 25.0. The number of benzene rings is 3. The molecule has 0 aliphatic carbocycles. The molecule has 0 atom stereocenters. The summed E-state index contributed by atoms with van der Waals surface area (Å²) in [5.74, 6) is 0.279. The second-order valence-corrected chi connectivity index (χ2v) is 7.31. The van der Waals surface area contributed by atoms with Crippen molar-refractivity contribution >= 4 is 28.3 Å². The number of methoxy groups -OCH3 is 1. The number of nitrogens with one attached hydrogen (secondary N) is 1. The maximum Gasteiger partial charge on any atom is 0.337 e. The van der Waals surface area contributed by atoms with Gasteiger partial charge in [0.25, 0.3) is 5.91 Å². The van der Waals surface area contributed by atoms with Crippen LogP contribution < -0.4 is 10.1 Å². The Morgan fingerprint density at radius 2 is 1.75 bits per heavy atom. The molecule has 0 unspecified atom stereocenters. The Morgan fingerprint density at radius 1 is 1.00 bits per heavy atom. The minimum Gasteiger partial charge on any atom is -0.488 e. The third kappa shape index (κ3) is 4.32. The van der Waals surface area contributed by atoms with Crippen LogP contribution in [0.5, 0.6) is 5.75 Å². The number of anilines is 1. The minimum absolute atomic E-state index is 0.220. The third-order valence-electron chi connectivity index (χ3n) is 5.19. The van der Waals surface area contributed by atoms with Crippen molar-refractivity contribution in [1.82, 2.24) is 5.16 Å². The zero-order valence-electron chi connectivity index (χ0n) is 18.0. The van der Waals surface area contributed by atoms with Gasteiger partial charge in [0, 0.05) is 5.69 Å². The number of ether oxygens (including phenoxy) is 2. The van der Waals surface area contributed by atoms with Crippen molar-refractivity contribution in [3.05, 3.63) is 88.8 Å². The molecule has 1 heterocycles. The number of nitrogens with zero attached hydrogens (tertiary/aromatic N) is 1. The third-order valence-corrected chi connectivity index (χ3v) is 5.19. The molecule has 0 radical (unpaired) electrons. The second-order valence-electron chi connectivity index (χ2n) is 7.31. The molecule has 3 aromatic carbocycles. The van der Waals surface area contributed by atoms with E-state index < -0.39 is 5.97 Å². The zero-order chi connectivity index (χ0) is 22.7.